The van der Waals surface area contributed by atoms with Crippen molar-refractivity contribution >= 4 is 29.5 Å². The van der Waals surface area contributed by atoms with Gasteiger partial charge in [0.25, 0.3) is 11.8 Å². The zero-order chi connectivity index (χ0) is 31.3. The molecule has 3 N–H and O–H groups in total. The van der Waals surface area contributed by atoms with Crippen molar-refractivity contribution in [1.82, 2.24) is 15.1 Å². The Bertz CT molecular complexity index is 1460. The fraction of sp³-hybridized carbons (Fsp3) is 0.382. The SMILES string of the molecule is CCN(Cc1ccccc1C)C(=O)C1N(C(=O)[C@@H](O)[C@H](Cc2ccccc2)NC(=O)c2cccc(O)c2C)CSC1(C)C. The van der Waals surface area contributed by atoms with Crippen LogP contribution in [0.5, 0.6) is 5.75 Å². The van der Waals surface area contributed by atoms with Gasteiger partial charge in [-0.1, -0.05) is 60.7 Å². The van der Waals surface area contributed by atoms with E-state index < -0.39 is 34.7 Å². The number of benzene rings is 3. The first kappa shape index (κ1) is 32.1. The molecule has 228 valence electrons. The zero-order valence-electron chi connectivity index (χ0n) is 25.4. The predicted molar refractivity (Wildman–Crippen MR) is 170 cm³/mol. The summed E-state index contributed by atoms with van der Waals surface area (Å²) < 4.78 is -0.595. The van der Waals surface area contributed by atoms with Crippen molar-refractivity contribution in [2.24, 2.45) is 0 Å². The van der Waals surface area contributed by atoms with Gasteiger partial charge < -0.3 is 25.3 Å². The van der Waals surface area contributed by atoms with Gasteiger partial charge in [0.2, 0.25) is 5.91 Å². The third kappa shape index (κ3) is 7.22. The molecule has 4 rings (SSSR count). The summed E-state index contributed by atoms with van der Waals surface area (Å²) in [5.41, 5.74) is 3.59. The standard InChI is InChI=1S/C34H41N3O5S/c1-6-36(20-25-16-11-10-13-22(25)2)33(42)30-34(4,5)43-21-37(30)32(41)29(39)27(19-24-14-8-7-9-15-24)35-31(40)26-17-12-18-28(38)23(26)3/h7-18,27,29-30,38-39H,6,19-21H2,1-5H3,(H,35,40)/t27-,29-,30?/m0/s1. The number of nitrogens with zero attached hydrogens (tertiary/aromatic N) is 2. The molecule has 0 saturated carbocycles. The van der Waals surface area contributed by atoms with Crippen molar-refractivity contribution in [2.45, 2.75) is 70.5 Å². The molecule has 3 aromatic carbocycles. The number of likely N-dealkylation sites (N-methyl/N-ethyl adjacent to an activating group) is 1. The van der Waals surface area contributed by atoms with Crippen LogP contribution in [0, 0.1) is 13.8 Å². The molecule has 0 aromatic heterocycles. The number of nitrogens with one attached hydrogen (secondary N) is 1. The van der Waals surface area contributed by atoms with Crippen LogP contribution in [-0.2, 0) is 22.6 Å². The Morgan fingerprint density at radius 3 is 2.37 bits per heavy atom. The van der Waals surface area contributed by atoms with Gasteiger partial charge in [0.05, 0.1) is 11.9 Å². The molecule has 3 aromatic rings. The van der Waals surface area contributed by atoms with Crippen LogP contribution in [-0.4, -0.2) is 73.1 Å². The van der Waals surface area contributed by atoms with E-state index in [1.165, 1.54) is 22.7 Å². The van der Waals surface area contributed by atoms with Crippen molar-refractivity contribution in [1.29, 1.82) is 0 Å². The van der Waals surface area contributed by atoms with Crippen molar-refractivity contribution in [2.75, 3.05) is 12.4 Å². The largest absolute Gasteiger partial charge is 0.508 e. The number of hydrogen-bond acceptors (Lipinski definition) is 6. The molecule has 3 atom stereocenters. The number of phenols is 1. The first-order chi connectivity index (χ1) is 20.4. The third-order valence-electron chi connectivity index (χ3n) is 8.18. The maximum atomic E-state index is 14.1. The summed E-state index contributed by atoms with van der Waals surface area (Å²) in [5.74, 6) is -1.09. The van der Waals surface area contributed by atoms with Gasteiger partial charge in [-0.2, -0.15) is 0 Å². The van der Waals surface area contributed by atoms with Crippen LogP contribution in [0.2, 0.25) is 0 Å². The van der Waals surface area contributed by atoms with E-state index in [9.17, 15) is 24.6 Å². The Kier molecular flexibility index (Phi) is 10.2. The number of aromatic hydroxyl groups is 1. The molecule has 1 unspecified atom stereocenters. The lowest BCUT2D eigenvalue weighted by Gasteiger charge is -2.36. The highest BCUT2D eigenvalue weighted by Gasteiger charge is 2.51. The predicted octanol–water partition coefficient (Wildman–Crippen LogP) is 4.44. The number of amides is 3. The lowest BCUT2D eigenvalue weighted by Crippen LogP contribution is -2.59. The topological polar surface area (TPSA) is 110 Å². The van der Waals surface area contributed by atoms with Crippen LogP contribution >= 0.6 is 11.8 Å². The van der Waals surface area contributed by atoms with Crippen LogP contribution in [0.3, 0.4) is 0 Å². The number of aliphatic hydroxyl groups is 1. The molecule has 1 saturated heterocycles. The highest BCUT2D eigenvalue weighted by molar-refractivity contribution is 8.00. The lowest BCUT2D eigenvalue weighted by atomic mass is 9.96. The molecule has 3 amide bonds. The molecule has 0 aliphatic carbocycles. The zero-order valence-corrected chi connectivity index (χ0v) is 26.2. The van der Waals surface area contributed by atoms with Crippen LogP contribution in [0.4, 0.5) is 0 Å². The number of rotatable bonds is 10. The molecular weight excluding hydrogens is 562 g/mol. The molecule has 0 spiro atoms. The minimum Gasteiger partial charge on any atom is -0.508 e. The first-order valence-electron chi connectivity index (χ1n) is 14.5. The first-order valence-corrected chi connectivity index (χ1v) is 15.5. The number of carbonyl (C=O) groups is 3. The summed E-state index contributed by atoms with van der Waals surface area (Å²) in [7, 11) is 0. The summed E-state index contributed by atoms with van der Waals surface area (Å²) in [6.07, 6.45) is -1.42. The Hall–Kier alpha value is -3.82. The summed E-state index contributed by atoms with van der Waals surface area (Å²) >= 11 is 1.49. The Morgan fingerprint density at radius 2 is 1.70 bits per heavy atom. The molecule has 1 heterocycles. The maximum Gasteiger partial charge on any atom is 0.254 e. The molecular formula is C34H41N3O5S. The minimum atomic E-state index is -1.61. The number of carbonyl (C=O) groups excluding carboxylic acids is 3. The Morgan fingerprint density at radius 1 is 1.02 bits per heavy atom. The fourth-order valence-corrected chi connectivity index (χ4v) is 6.60. The maximum absolute atomic E-state index is 14.1. The molecule has 1 aliphatic heterocycles. The minimum absolute atomic E-state index is 0.0206. The van der Waals surface area contributed by atoms with E-state index in [2.05, 4.69) is 5.32 Å². The van der Waals surface area contributed by atoms with Gasteiger partial charge >= 0.3 is 0 Å². The molecule has 9 heteroatoms. The second-order valence-electron chi connectivity index (χ2n) is 11.5. The molecule has 1 aliphatic rings. The third-order valence-corrected chi connectivity index (χ3v) is 9.55. The second-order valence-corrected chi connectivity index (χ2v) is 13.1. The highest BCUT2D eigenvalue weighted by atomic mass is 32.2. The summed E-state index contributed by atoms with van der Waals surface area (Å²) in [6.45, 7) is 10.3. The van der Waals surface area contributed by atoms with Crippen LogP contribution < -0.4 is 5.32 Å². The molecule has 0 bridgehead atoms. The van der Waals surface area contributed by atoms with Gasteiger partial charge in [-0.15, -0.1) is 11.8 Å². The Labute approximate surface area is 258 Å². The van der Waals surface area contributed by atoms with E-state index in [1.807, 2.05) is 82.3 Å². The van der Waals surface area contributed by atoms with E-state index in [4.69, 9.17) is 0 Å². The van der Waals surface area contributed by atoms with Crippen molar-refractivity contribution in [3.63, 3.8) is 0 Å². The van der Waals surface area contributed by atoms with E-state index in [0.717, 1.165) is 16.7 Å². The summed E-state index contributed by atoms with van der Waals surface area (Å²) in [4.78, 5) is 44.7. The fourth-order valence-electron chi connectivity index (χ4n) is 5.47. The molecule has 43 heavy (non-hydrogen) atoms. The average Bonchev–Trinajstić information content (AvgIpc) is 3.31. The van der Waals surface area contributed by atoms with Gasteiger partial charge in [0.1, 0.15) is 11.8 Å². The molecule has 1 fully saturated rings. The number of phenolic OH excluding ortho intramolecular Hbond substituents is 1. The smallest absolute Gasteiger partial charge is 0.254 e. The van der Waals surface area contributed by atoms with E-state index >= 15 is 0 Å². The van der Waals surface area contributed by atoms with Gasteiger partial charge in [0, 0.05) is 29.0 Å². The summed E-state index contributed by atoms with van der Waals surface area (Å²) in [5, 5.41) is 24.5. The normalized spacial score (nSPS) is 17.3. The van der Waals surface area contributed by atoms with Gasteiger partial charge in [-0.25, -0.2) is 0 Å². The van der Waals surface area contributed by atoms with E-state index in [-0.39, 0.29) is 29.5 Å². The van der Waals surface area contributed by atoms with Crippen molar-refractivity contribution in [3.05, 3.63) is 101 Å². The highest BCUT2D eigenvalue weighted by Crippen LogP contribution is 2.41. The van der Waals surface area contributed by atoms with Gasteiger partial charge in [0.15, 0.2) is 6.10 Å². The summed E-state index contributed by atoms with van der Waals surface area (Å²) in [6, 6.07) is 20.1. The lowest BCUT2D eigenvalue weighted by molar-refractivity contribution is -0.151. The van der Waals surface area contributed by atoms with Gasteiger partial charge in [-0.05, 0) is 69.9 Å². The molecule has 0 radical (unpaired) electrons. The van der Waals surface area contributed by atoms with Gasteiger partial charge in [-0.3, -0.25) is 14.4 Å². The van der Waals surface area contributed by atoms with Crippen molar-refractivity contribution < 1.29 is 24.6 Å². The Balaban J connectivity index is 1.61. The van der Waals surface area contributed by atoms with E-state index in [1.54, 1.807) is 24.0 Å². The average molecular weight is 604 g/mol. The number of hydrogen-bond donors (Lipinski definition) is 3. The van der Waals surface area contributed by atoms with Crippen LogP contribution in [0.25, 0.3) is 0 Å². The van der Waals surface area contributed by atoms with Crippen LogP contribution in [0.1, 0.15) is 53.4 Å². The number of thioether (sulfide) groups is 1. The quantitative estimate of drug-likeness (QED) is 0.316. The number of aliphatic hydroxyl groups excluding tert-OH is 1. The molecule has 8 nitrogen and oxygen atoms in total. The van der Waals surface area contributed by atoms with Crippen molar-refractivity contribution in [3.8, 4) is 5.75 Å². The second kappa shape index (κ2) is 13.7. The van der Waals surface area contributed by atoms with Crippen LogP contribution in [0.15, 0.2) is 72.8 Å². The van der Waals surface area contributed by atoms with E-state index in [0.29, 0.717) is 18.7 Å². The number of aryl methyl sites for hydroxylation is 1. The monoisotopic (exact) mass is 603 g/mol.